The van der Waals surface area contributed by atoms with E-state index in [4.69, 9.17) is 39.5 Å². The number of hydrogen-bond donors (Lipinski definition) is 2. The van der Waals surface area contributed by atoms with Crippen molar-refractivity contribution in [3.8, 4) is 5.75 Å². The van der Waals surface area contributed by atoms with E-state index in [1.807, 2.05) is 37.3 Å². The molecule has 0 spiro atoms. The van der Waals surface area contributed by atoms with E-state index in [9.17, 15) is 14.7 Å². The van der Waals surface area contributed by atoms with Gasteiger partial charge in [0.1, 0.15) is 11.3 Å². The number of carboxylic acids is 1. The molecule has 4 aromatic rings. The highest BCUT2D eigenvalue weighted by Crippen LogP contribution is 2.39. The quantitative estimate of drug-likeness (QED) is 0.196. The van der Waals surface area contributed by atoms with Crippen molar-refractivity contribution in [1.29, 1.82) is 0 Å². The van der Waals surface area contributed by atoms with Crippen molar-refractivity contribution in [3.63, 3.8) is 0 Å². The number of amides is 1. The summed E-state index contributed by atoms with van der Waals surface area (Å²) in [7, 11) is 0. The molecular formula is C31H27Cl3N4O4. The zero-order valence-corrected chi connectivity index (χ0v) is 25.0. The van der Waals surface area contributed by atoms with E-state index in [0.29, 0.717) is 43.5 Å². The van der Waals surface area contributed by atoms with E-state index in [-0.39, 0.29) is 24.9 Å². The lowest BCUT2D eigenvalue weighted by Gasteiger charge is -2.32. The topological polar surface area (TPSA) is 106 Å². The molecule has 1 amide bonds. The summed E-state index contributed by atoms with van der Waals surface area (Å²) in [4.78, 5) is 24.1. The van der Waals surface area contributed by atoms with Gasteiger partial charge in [0.2, 0.25) is 6.10 Å². The van der Waals surface area contributed by atoms with E-state index in [1.165, 1.54) is 0 Å². The van der Waals surface area contributed by atoms with Gasteiger partial charge in [-0.05, 0) is 67.4 Å². The number of alkyl halides is 1. The number of benzene rings is 3. The van der Waals surface area contributed by atoms with E-state index in [0.717, 1.165) is 5.56 Å². The lowest BCUT2D eigenvalue weighted by molar-refractivity contribution is -0.143. The van der Waals surface area contributed by atoms with Gasteiger partial charge in [-0.1, -0.05) is 64.8 Å². The van der Waals surface area contributed by atoms with E-state index >= 15 is 0 Å². The molecule has 42 heavy (non-hydrogen) atoms. The number of carbonyl (C=O) groups is 2. The lowest BCUT2D eigenvalue weighted by Crippen LogP contribution is -2.38. The summed E-state index contributed by atoms with van der Waals surface area (Å²) in [5, 5.41) is 22.4. The fourth-order valence-corrected chi connectivity index (χ4v) is 5.70. The van der Waals surface area contributed by atoms with Gasteiger partial charge in [0.25, 0.3) is 5.91 Å². The zero-order valence-electron chi connectivity index (χ0n) is 22.7. The van der Waals surface area contributed by atoms with Crippen LogP contribution < -0.4 is 10.1 Å². The molecule has 11 heteroatoms. The third-order valence-electron chi connectivity index (χ3n) is 7.07. The molecule has 0 saturated heterocycles. The number of aliphatic carboxylic acids is 1. The second kappa shape index (κ2) is 12.2. The van der Waals surface area contributed by atoms with Gasteiger partial charge in [-0.3, -0.25) is 4.79 Å². The first-order valence-electron chi connectivity index (χ1n) is 13.1. The van der Waals surface area contributed by atoms with E-state index in [1.54, 1.807) is 60.2 Å². The summed E-state index contributed by atoms with van der Waals surface area (Å²) in [5.74, 6) is -1.11. The van der Waals surface area contributed by atoms with Crippen molar-refractivity contribution in [2.24, 2.45) is 0 Å². The third kappa shape index (κ3) is 6.46. The maximum atomic E-state index is 12.9. The third-order valence-corrected chi connectivity index (χ3v) is 8.05. The Morgan fingerprint density at radius 3 is 2.57 bits per heavy atom. The highest BCUT2D eigenvalue weighted by molar-refractivity contribution is 6.32. The molecule has 0 saturated carbocycles. The number of halogens is 3. The molecule has 1 aliphatic carbocycles. The number of hydrogen-bond acceptors (Lipinski definition) is 5. The second-order valence-corrected chi connectivity index (χ2v) is 12.0. The molecule has 0 bridgehead atoms. The van der Waals surface area contributed by atoms with Gasteiger partial charge in [-0.15, -0.1) is 16.7 Å². The average molecular weight is 626 g/mol. The van der Waals surface area contributed by atoms with Gasteiger partial charge in [-0.25, -0.2) is 9.48 Å². The normalized spacial score (nSPS) is 18.1. The molecule has 0 fully saturated rings. The molecule has 1 aliphatic rings. The molecule has 5 rings (SSSR count). The van der Waals surface area contributed by atoms with Gasteiger partial charge in [0, 0.05) is 27.6 Å². The molecular weight excluding hydrogens is 599 g/mol. The van der Waals surface area contributed by atoms with Crippen LogP contribution in [0.25, 0.3) is 11.0 Å². The Hall–Kier alpha value is -3.85. The summed E-state index contributed by atoms with van der Waals surface area (Å²) >= 11 is 19.2. The standard InChI is InChI=1S/C31H27Cl3N4O4/c1-18(19-6-4-3-5-7-19)35-29(39)20-8-13-27-26(15-20)36-37-38(27)17-21-14-23(10-12-25(21)33)42-28(30(40)41)24-11-9-22(32)16-31(24,2)34/h3-15,18,28H,16-17H2,1-2H3,(H,35,39)(H,40,41)/t18-,28?,31?/m1/s1. The first kappa shape index (κ1) is 29.6. The minimum atomic E-state index is -1.33. The van der Waals surface area contributed by atoms with Gasteiger partial charge in [0.15, 0.2) is 0 Å². The molecule has 0 aliphatic heterocycles. The smallest absolute Gasteiger partial charge is 0.349 e. The van der Waals surface area contributed by atoms with Crippen LogP contribution in [0.3, 0.4) is 0 Å². The maximum absolute atomic E-state index is 12.9. The lowest BCUT2D eigenvalue weighted by atomic mass is 9.88. The summed E-state index contributed by atoms with van der Waals surface area (Å²) in [6, 6.07) is 19.6. The number of aromatic nitrogens is 3. The zero-order chi connectivity index (χ0) is 30.0. The van der Waals surface area contributed by atoms with Gasteiger partial charge in [0.05, 0.1) is 23.0 Å². The predicted octanol–water partition coefficient (Wildman–Crippen LogP) is 6.91. The van der Waals surface area contributed by atoms with Crippen LogP contribution in [0.4, 0.5) is 0 Å². The number of carbonyl (C=O) groups excluding carboxylic acids is 1. The summed E-state index contributed by atoms with van der Waals surface area (Å²) in [5.41, 5.74) is 3.73. The molecule has 1 aromatic heterocycles. The van der Waals surface area contributed by atoms with E-state index < -0.39 is 16.9 Å². The number of ether oxygens (including phenoxy) is 1. The number of carboxylic acid groups (broad SMARTS) is 1. The average Bonchev–Trinajstić information content (AvgIpc) is 3.35. The predicted molar refractivity (Wildman–Crippen MR) is 163 cm³/mol. The number of rotatable bonds is 9. The van der Waals surface area contributed by atoms with Crippen molar-refractivity contribution in [1.82, 2.24) is 20.3 Å². The molecule has 216 valence electrons. The second-order valence-electron chi connectivity index (χ2n) is 10.3. The van der Waals surface area contributed by atoms with Gasteiger partial charge >= 0.3 is 5.97 Å². The number of nitrogens with zero attached hydrogens (tertiary/aromatic N) is 3. The molecule has 3 atom stereocenters. The summed E-state index contributed by atoms with van der Waals surface area (Å²) in [6.45, 7) is 3.86. The molecule has 8 nitrogen and oxygen atoms in total. The van der Waals surface area contributed by atoms with Gasteiger partial charge < -0.3 is 15.2 Å². The van der Waals surface area contributed by atoms with Crippen LogP contribution in [0.5, 0.6) is 5.75 Å². The molecule has 2 unspecified atom stereocenters. The summed E-state index contributed by atoms with van der Waals surface area (Å²) < 4.78 is 7.57. The summed E-state index contributed by atoms with van der Waals surface area (Å²) in [6.07, 6.45) is 2.18. The Morgan fingerprint density at radius 1 is 1.10 bits per heavy atom. The molecule has 0 radical (unpaired) electrons. The molecule has 2 N–H and O–H groups in total. The minimum absolute atomic E-state index is 0.163. The Balaban J connectivity index is 1.34. The number of fused-ring (bicyclic) bond motifs is 1. The molecule has 3 aromatic carbocycles. The fraction of sp³-hybridized carbons (Fsp3) is 0.226. The number of allylic oxidation sites excluding steroid dienone is 3. The van der Waals surface area contributed by atoms with Crippen LogP contribution in [0.2, 0.25) is 5.02 Å². The number of nitrogens with one attached hydrogen (secondary N) is 1. The van der Waals surface area contributed by atoms with Crippen molar-refractivity contribution in [2.45, 2.75) is 43.8 Å². The van der Waals surface area contributed by atoms with Crippen LogP contribution in [0.1, 0.15) is 47.8 Å². The Morgan fingerprint density at radius 2 is 1.86 bits per heavy atom. The van der Waals surface area contributed by atoms with Crippen LogP contribution in [0.15, 0.2) is 89.5 Å². The van der Waals surface area contributed by atoms with Crippen molar-refractivity contribution in [2.75, 3.05) is 0 Å². The highest BCUT2D eigenvalue weighted by atomic mass is 35.5. The maximum Gasteiger partial charge on any atom is 0.349 e. The Kier molecular flexibility index (Phi) is 8.59. The fourth-order valence-electron chi connectivity index (χ4n) is 4.82. The Labute approximate surface area is 257 Å². The van der Waals surface area contributed by atoms with Crippen LogP contribution in [0, 0.1) is 0 Å². The van der Waals surface area contributed by atoms with Crippen molar-refractivity contribution >= 4 is 57.7 Å². The van der Waals surface area contributed by atoms with Crippen molar-refractivity contribution < 1.29 is 19.4 Å². The SMILES string of the molecule is C[C@@H](NC(=O)c1ccc2c(c1)nnn2Cc1cc(OC(C(=O)O)C2=CC=C(Cl)CC2(C)Cl)ccc1Cl)c1ccccc1. The van der Waals surface area contributed by atoms with Gasteiger partial charge in [-0.2, -0.15) is 0 Å². The van der Waals surface area contributed by atoms with Crippen LogP contribution in [-0.4, -0.2) is 43.0 Å². The Bertz CT molecular complexity index is 1720. The van der Waals surface area contributed by atoms with Crippen molar-refractivity contribution in [3.05, 3.63) is 111 Å². The highest BCUT2D eigenvalue weighted by Gasteiger charge is 2.39. The largest absolute Gasteiger partial charge is 0.478 e. The molecule has 1 heterocycles. The van der Waals surface area contributed by atoms with Crippen LogP contribution >= 0.6 is 34.8 Å². The first-order chi connectivity index (χ1) is 20.0. The van der Waals surface area contributed by atoms with E-state index in [2.05, 4.69) is 15.6 Å². The monoisotopic (exact) mass is 624 g/mol. The minimum Gasteiger partial charge on any atom is -0.478 e. The first-order valence-corrected chi connectivity index (χ1v) is 14.3. The van der Waals surface area contributed by atoms with Crippen LogP contribution in [-0.2, 0) is 11.3 Å².